The van der Waals surface area contributed by atoms with Crippen molar-refractivity contribution in [2.75, 3.05) is 19.6 Å². The first-order valence-corrected chi connectivity index (χ1v) is 8.37. The van der Waals surface area contributed by atoms with E-state index in [0.717, 1.165) is 12.8 Å². The zero-order chi connectivity index (χ0) is 14.8. The molecule has 0 atom stereocenters. The van der Waals surface area contributed by atoms with Gasteiger partial charge in [0.1, 0.15) is 4.90 Å². The minimum Gasteiger partial charge on any atom is -0.342 e. The Bertz CT molecular complexity index is 613. The number of carbonyl (C=O) groups excluding carboxylic acids is 1. The van der Waals surface area contributed by atoms with E-state index in [-0.39, 0.29) is 27.4 Å². The molecule has 0 saturated carbocycles. The zero-order valence-electron chi connectivity index (χ0n) is 10.6. The Kier molecular flexibility index (Phi) is 4.90. The van der Waals surface area contributed by atoms with Crippen molar-refractivity contribution in [2.45, 2.75) is 17.7 Å². The molecule has 1 aliphatic rings. The smallest absolute Gasteiger partial charge is 0.242 e. The number of nitrogens with one attached hydrogen (secondary N) is 1. The van der Waals surface area contributed by atoms with Crippen molar-refractivity contribution >= 4 is 39.1 Å². The van der Waals surface area contributed by atoms with Gasteiger partial charge in [0, 0.05) is 13.1 Å². The van der Waals surface area contributed by atoms with Crippen LogP contribution in [0.2, 0.25) is 10.0 Å². The summed E-state index contributed by atoms with van der Waals surface area (Å²) in [5.74, 6) is -0.232. The van der Waals surface area contributed by atoms with Gasteiger partial charge in [0.15, 0.2) is 0 Å². The molecular formula is C12H14Cl2N2O3S. The van der Waals surface area contributed by atoms with Crippen LogP contribution in [-0.2, 0) is 14.8 Å². The summed E-state index contributed by atoms with van der Waals surface area (Å²) in [5.41, 5.74) is 0. The molecule has 0 spiro atoms. The molecule has 2 rings (SSSR count). The molecule has 1 amide bonds. The molecule has 1 heterocycles. The van der Waals surface area contributed by atoms with E-state index in [9.17, 15) is 13.2 Å². The van der Waals surface area contributed by atoms with Gasteiger partial charge in [-0.25, -0.2) is 13.1 Å². The maximum Gasteiger partial charge on any atom is 0.242 e. The number of nitrogens with zero attached hydrogens (tertiary/aromatic N) is 1. The van der Waals surface area contributed by atoms with Crippen LogP contribution >= 0.6 is 23.2 Å². The molecule has 1 aliphatic heterocycles. The third-order valence-electron chi connectivity index (χ3n) is 3.08. The Morgan fingerprint density at radius 3 is 2.55 bits per heavy atom. The van der Waals surface area contributed by atoms with Gasteiger partial charge in [0.2, 0.25) is 15.9 Å². The van der Waals surface area contributed by atoms with Crippen molar-refractivity contribution in [3.05, 3.63) is 28.2 Å². The van der Waals surface area contributed by atoms with Crippen LogP contribution in [0.4, 0.5) is 0 Å². The van der Waals surface area contributed by atoms with Crippen LogP contribution in [0.15, 0.2) is 23.1 Å². The van der Waals surface area contributed by atoms with Gasteiger partial charge >= 0.3 is 0 Å². The third-order valence-corrected chi connectivity index (χ3v) is 5.45. The quantitative estimate of drug-likeness (QED) is 0.912. The highest BCUT2D eigenvalue weighted by molar-refractivity contribution is 7.89. The summed E-state index contributed by atoms with van der Waals surface area (Å²) in [4.78, 5) is 13.3. The molecule has 1 aromatic carbocycles. The van der Waals surface area contributed by atoms with Gasteiger partial charge in [-0.3, -0.25) is 4.79 Å². The molecule has 110 valence electrons. The van der Waals surface area contributed by atoms with Crippen LogP contribution in [-0.4, -0.2) is 38.9 Å². The second-order valence-corrected chi connectivity index (χ2v) is 6.98. The monoisotopic (exact) mass is 336 g/mol. The van der Waals surface area contributed by atoms with Crippen molar-refractivity contribution < 1.29 is 13.2 Å². The van der Waals surface area contributed by atoms with Crippen LogP contribution in [0, 0.1) is 0 Å². The van der Waals surface area contributed by atoms with E-state index in [4.69, 9.17) is 23.2 Å². The Morgan fingerprint density at radius 2 is 1.90 bits per heavy atom. The fourth-order valence-corrected chi connectivity index (χ4v) is 3.74. The van der Waals surface area contributed by atoms with Gasteiger partial charge in [-0.05, 0) is 25.0 Å². The van der Waals surface area contributed by atoms with Crippen molar-refractivity contribution in [3.8, 4) is 0 Å². The largest absolute Gasteiger partial charge is 0.342 e. The van der Waals surface area contributed by atoms with Crippen molar-refractivity contribution in [1.82, 2.24) is 9.62 Å². The van der Waals surface area contributed by atoms with Crippen LogP contribution in [0.25, 0.3) is 0 Å². The predicted octanol–water partition coefficient (Wildman–Crippen LogP) is 1.89. The number of sulfonamides is 1. The second kappa shape index (κ2) is 6.30. The summed E-state index contributed by atoms with van der Waals surface area (Å²) >= 11 is 11.7. The Morgan fingerprint density at radius 1 is 1.25 bits per heavy atom. The van der Waals surface area contributed by atoms with Gasteiger partial charge in [0.05, 0.1) is 16.6 Å². The van der Waals surface area contributed by atoms with Crippen molar-refractivity contribution in [2.24, 2.45) is 0 Å². The molecule has 5 nitrogen and oxygen atoms in total. The maximum absolute atomic E-state index is 12.1. The van der Waals surface area contributed by atoms with E-state index in [2.05, 4.69) is 4.72 Å². The van der Waals surface area contributed by atoms with Gasteiger partial charge < -0.3 is 4.90 Å². The number of halogens is 2. The van der Waals surface area contributed by atoms with E-state index in [0.29, 0.717) is 13.1 Å². The van der Waals surface area contributed by atoms with Gasteiger partial charge in [-0.15, -0.1) is 0 Å². The van der Waals surface area contributed by atoms with Gasteiger partial charge in [-0.1, -0.05) is 29.3 Å². The standard InChI is InChI=1S/C12H14Cl2N2O3S/c13-9-4-3-5-10(12(9)14)20(18,19)15-8-11(17)16-6-1-2-7-16/h3-5,15H,1-2,6-8H2. The number of carbonyl (C=O) groups is 1. The first kappa shape index (κ1) is 15.6. The number of hydrogen-bond acceptors (Lipinski definition) is 3. The molecule has 1 saturated heterocycles. The summed E-state index contributed by atoms with van der Waals surface area (Å²) in [7, 11) is -3.85. The number of rotatable bonds is 4. The minimum atomic E-state index is -3.85. The molecule has 0 bridgehead atoms. The molecule has 20 heavy (non-hydrogen) atoms. The van der Waals surface area contributed by atoms with Crippen LogP contribution < -0.4 is 4.72 Å². The Balaban J connectivity index is 2.07. The lowest BCUT2D eigenvalue weighted by Gasteiger charge is -2.15. The van der Waals surface area contributed by atoms with Gasteiger partial charge in [0.25, 0.3) is 0 Å². The highest BCUT2D eigenvalue weighted by Crippen LogP contribution is 2.28. The lowest BCUT2D eigenvalue weighted by Crippen LogP contribution is -2.38. The molecule has 0 aliphatic carbocycles. The second-order valence-electron chi connectivity index (χ2n) is 4.46. The van der Waals surface area contributed by atoms with E-state index in [1.165, 1.54) is 18.2 Å². The first-order valence-electron chi connectivity index (χ1n) is 6.13. The first-order chi connectivity index (χ1) is 9.42. The van der Waals surface area contributed by atoms with E-state index in [1.807, 2.05) is 0 Å². The van der Waals surface area contributed by atoms with E-state index in [1.54, 1.807) is 4.90 Å². The predicted molar refractivity (Wildman–Crippen MR) is 77.5 cm³/mol. The minimum absolute atomic E-state index is 0.0460. The normalized spacial score (nSPS) is 15.6. The van der Waals surface area contributed by atoms with E-state index >= 15 is 0 Å². The zero-order valence-corrected chi connectivity index (χ0v) is 12.9. The van der Waals surface area contributed by atoms with Crippen molar-refractivity contribution in [1.29, 1.82) is 0 Å². The number of amides is 1. The van der Waals surface area contributed by atoms with Gasteiger partial charge in [-0.2, -0.15) is 0 Å². The maximum atomic E-state index is 12.1. The average molecular weight is 337 g/mol. The van der Waals surface area contributed by atoms with E-state index < -0.39 is 10.0 Å². The summed E-state index contributed by atoms with van der Waals surface area (Å²) in [6.45, 7) is 1.09. The number of benzene rings is 1. The number of hydrogen-bond donors (Lipinski definition) is 1. The summed E-state index contributed by atoms with van der Waals surface area (Å²) in [6.07, 6.45) is 1.91. The molecule has 8 heteroatoms. The average Bonchev–Trinajstić information content (AvgIpc) is 2.93. The lowest BCUT2D eigenvalue weighted by atomic mass is 10.4. The molecule has 1 N–H and O–H groups in total. The summed E-state index contributed by atoms with van der Waals surface area (Å²) < 4.78 is 26.5. The highest BCUT2D eigenvalue weighted by Gasteiger charge is 2.23. The highest BCUT2D eigenvalue weighted by atomic mass is 35.5. The van der Waals surface area contributed by atoms with Crippen molar-refractivity contribution in [3.63, 3.8) is 0 Å². The Labute approximate surface area is 127 Å². The Hall–Kier alpha value is -0.820. The molecule has 1 fully saturated rings. The summed E-state index contributed by atoms with van der Waals surface area (Å²) in [5, 5.41) is 0.107. The lowest BCUT2D eigenvalue weighted by molar-refractivity contribution is -0.128. The fourth-order valence-electron chi connectivity index (χ4n) is 2.00. The molecule has 1 aromatic rings. The molecule has 0 aromatic heterocycles. The molecular weight excluding hydrogens is 323 g/mol. The fraction of sp³-hybridized carbons (Fsp3) is 0.417. The van der Waals surface area contributed by atoms with Crippen LogP contribution in [0.3, 0.4) is 0 Å². The SMILES string of the molecule is O=C(CNS(=O)(=O)c1cccc(Cl)c1Cl)N1CCCC1. The molecule has 0 unspecified atom stereocenters. The topological polar surface area (TPSA) is 66.5 Å². The third kappa shape index (κ3) is 3.44. The van der Waals surface area contributed by atoms with Crippen LogP contribution in [0.1, 0.15) is 12.8 Å². The number of likely N-dealkylation sites (tertiary alicyclic amines) is 1. The molecule has 0 radical (unpaired) electrons. The summed E-state index contributed by atoms with van der Waals surface area (Å²) in [6, 6.07) is 4.33. The van der Waals surface area contributed by atoms with Crippen LogP contribution in [0.5, 0.6) is 0 Å².